The third kappa shape index (κ3) is 2.81. The Bertz CT molecular complexity index is 547. The highest BCUT2D eigenvalue weighted by Crippen LogP contribution is 2.25. The van der Waals surface area contributed by atoms with Gasteiger partial charge in [-0.25, -0.2) is 19.9 Å². The minimum absolute atomic E-state index is 0.463. The average molecular weight is 309 g/mol. The van der Waals surface area contributed by atoms with Crippen molar-refractivity contribution in [1.29, 1.82) is 0 Å². The van der Waals surface area contributed by atoms with E-state index in [1.807, 2.05) is 6.07 Å². The minimum Gasteiger partial charge on any atom is -0.479 e. The van der Waals surface area contributed by atoms with Crippen LogP contribution in [0.5, 0.6) is 5.88 Å². The molecule has 0 saturated heterocycles. The fraction of sp³-hybridized carbons (Fsp3) is 0.333. The highest BCUT2D eigenvalue weighted by atomic mass is 79.9. The maximum Gasteiger partial charge on any atom is 0.241 e. The zero-order valence-corrected chi connectivity index (χ0v) is 11.8. The summed E-state index contributed by atoms with van der Waals surface area (Å²) in [6.45, 7) is 2.09. The van der Waals surface area contributed by atoms with Crippen LogP contribution in [0.15, 0.2) is 23.1 Å². The van der Waals surface area contributed by atoms with E-state index < -0.39 is 0 Å². The van der Waals surface area contributed by atoms with Crippen LogP contribution in [-0.4, -0.2) is 27.0 Å². The van der Waals surface area contributed by atoms with Crippen LogP contribution >= 0.6 is 15.9 Å². The number of halogens is 1. The van der Waals surface area contributed by atoms with E-state index in [4.69, 9.17) is 4.74 Å². The van der Waals surface area contributed by atoms with Crippen LogP contribution in [0.3, 0.4) is 0 Å². The van der Waals surface area contributed by atoms with Gasteiger partial charge in [0.1, 0.15) is 10.4 Å². The van der Waals surface area contributed by atoms with E-state index in [1.54, 1.807) is 19.5 Å². The number of aromatic nitrogens is 4. The monoisotopic (exact) mass is 308 g/mol. The van der Waals surface area contributed by atoms with Gasteiger partial charge in [0.15, 0.2) is 5.69 Å². The molecule has 0 spiro atoms. The van der Waals surface area contributed by atoms with Crippen LogP contribution in [-0.2, 0) is 6.42 Å². The molecule has 0 aliphatic rings. The molecule has 2 heterocycles. The highest BCUT2D eigenvalue weighted by Gasteiger charge is 2.12. The Labute approximate surface area is 114 Å². The van der Waals surface area contributed by atoms with E-state index in [0.29, 0.717) is 17.3 Å². The number of aryl methyl sites for hydroxylation is 1. The van der Waals surface area contributed by atoms with Gasteiger partial charge in [0.2, 0.25) is 5.88 Å². The lowest BCUT2D eigenvalue weighted by Crippen LogP contribution is -2.00. The van der Waals surface area contributed by atoms with E-state index in [1.165, 1.54) is 0 Å². The molecule has 18 heavy (non-hydrogen) atoms. The van der Waals surface area contributed by atoms with Crippen LogP contribution < -0.4 is 4.74 Å². The molecule has 0 N–H and O–H groups in total. The Kier molecular flexibility index (Phi) is 4.19. The number of hydrogen-bond acceptors (Lipinski definition) is 5. The first-order chi connectivity index (χ1) is 8.74. The second-order valence-corrected chi connectivity index (χ2v) is 4.47. The number of methoxy groups -OCH3 is 1. The lowest BCUT2D eigenvalue weighted by Gasteiger charge is -2.07. The normalized spacial score (nSPS) is 10.4. The van der Waals surface area contributed by atoms with Crippen molar-refractivity contribution in [2.24, 2.45) is 0 Å². The predicted octanol–water partition coefficient (Wildman–Crippen LogP) is 2.66. The topological polar surface area (TPSA) is 60.8 Å². The van der Waals surface area contributed by atoms with Crippen molar-refractivity contribution in [3.05, 3.63) is 28.9 Å². The van der Waals surface area contributed by atoms with E-state index >= 15 is 0 Å². The van der Waals surface area contributed by atoms with Crippen LogP contribution in [0.4, 0.5) is 0 Å². The fourth-order valence-corrected chi connectivity index (χ4v) is 1.99. The molecule has 2 aromatic heterocycles. The smallest absolute Gasteiger partial charge is 0.241 e. The second-order valence-electron chi connectivity index (χ2n) is 3.66. The molecular weight excluding hydrogens is 296 g/mol. The van der Waals surface area contributed by atoms with E-state index in [0.717, 1.165) is 23.3 Å². The highest BCUT2D eigenvalue weighted by molar-refractivity contribution is 9.10. The Balaban J connectivity index is 2.49. The molecule has 0 radical (unpaired) electrons. The molecule has 0 saturated carbocycles. The Morgan fingerprint density at radius 3 is 2.72 bits per heavy atom. The van der Waals surface area contributed by atoms with Gasteiger partial charge in [0.25, 0.3) is 0 Å². The zero-order valence-electron chi connectivity index (χ0n) is 10.2. The second kappa shape index (κ2) is 5.86. The molecule has 0 aliphatic heterocycles. The SMILES string of the molecule is CCCc1nc(Br)cc(-c2nccnc2OC)n1. The van der Waals surface area contributed by atoms with Gasteiger partial charge in [0, 0.05) is 18.8 Å². The van der Waals surface area contributed by atoms with Crippen molar-refractivity contribution in [2.45, 2.75) is 19.8 Å². The third-order valence-electron chi connectivity index (χ3n) is 2.32. The Morgan fingerprint density at radius 2 is 2.00 bits per heavy atom. The van der Waals surface area contributed by atoms with Gasteiger partial charge >= 0.3 is 0 Å². The van der Waals surface area contributed by atoms with Crippen LogP contribution in [0.1, 0.15) is 19.2 Å². The van der Waals surface area contributed by atoms with Gasteiger partial charge in [0.05, 0.1) is 12.8 Å². The zero-order chi connectivity index (χ0) is 13.0. The number of ether oxygens (including phenoxy) is 1. The van der Waals surface area contributed by atoms with E-state index in [-0.39, 0.29) is 0 Å². The molecule has 2 aromatic rings. The van der Waals surface area contributed by atoms with Gasteiger partial charge in [-0.15, -0.1) is 0 Å². The Morgan fingerprint density at radius 1 is 1.22 bits per heavy atom. The van der Waals surface area contributed by atoms with Crippen molar-refractivity contribution in [2.75, 3.05) is 7.11 Å². The molecular formula is C12H13BrN4O. The summed E-state index contributed by atoms with van der Waals surface area (Å²) in [5.41, 5.74) is 1.34. The van der Waals surface area contributed by atoms with Crippen LogP contribution in [0.25, 0.3) is 11.4 Å². The molecule has 94 valence electrons. The summed E-state index contributed by atoms with van der Waals surface area (Å²) in [6.07, 6.45) is 5.03. The van der Waals surface area contributed by atoms with Crippen LogP contribution in [0.2, 0.25) is 0 Å². The molecule has 0 bridgehead atoms. The first-order valence-electron chi connectivity index (χ1n) is 5.63. The van der Waals surface area contributed by atoms with Gasteiger partial charge in [-0.3, -0.25) is 0 Å². The van der Waals surface area contributed by atoms with E-state index in [9.17, 15) is 0 Å². The molecule has 2 rings (SSSR count). The summed E-state index contributed by atoms with van der Waals surface area (Å²) in [5.74, 6) is 1.25. The predicted molar refractivity (Wildman–Crippen MR) is 71.3 cm³/mol. The van der Waals surface area contributed by atoms with Crippen molar-refractivity contribution >= 4 is 15.9 Å². The Hall–Kier alpha value is -1.56. The molecule has 0 atom stereocenters. The number of nitrogens with zero attached hydrogens (tertiary/aromatic N) is 4. The summed E-state index contributed by atoms with van der Waals surface area (Å²) in [7, 11) is 1.57. The number of rotatable bonds is 4. The summed E-state index contributed by atoms with van der Waals surface area (Å²) in [5, 5.41) is 0. The van der Waals surface area contributed by atoms with E-state index in [2.05, 4.69) is 42.8 Å². The standard InChI is InChI=1S/C12H13BrN4O/c1-3-4-10-16-8(7-9(13)17-10)11-12(18-2)15-6-5-14-11/h5-7H,3-4H2,1-2H3. The lowest BCUT2D eigenvalue weighted by molar-refractivity contribution is 0.397. The van der Waals surface area contributed by atoms with Crippen LogP contribution in [0, 0.1) is 0 Å². The molecule has 6 heteroatoms. The maximum absolute atomic E-state index is 5.19. The fourth-order valence-electron chi connectivity index (χ4n) is 1.57. The third-order valence-corrected chi connectivity index (χ3v) is 2.72. The number of hydrogen-bond donors (Lipinski definition) is 0. The molecule has 0 fully saturated rings. The molecule has 0 aromatic carbocycles. The quantitative estimate of drug-likeness (QED) is 0.813. The van der Waals surface area contributed by atoms with Crippen molar-refractivity contribution in [1.82, 2.24) is 19.9 Å². The molecule has 0 aliphatic carbocycles. The summed E-state index contributed by atoms with van der Waals surface area (Å²) >= 11 is 3.39. The van der Waals surface area contributed by atoms with Gasteiger partial charge in [-0.2, -0.15) is 0 Å². The molecule has 0 amide bonds. The molecule has 0 unspecified atom stereocenters. The summed E-state index contributed by atoms with van der Waals surface area (Å²) in [6, 6.07) is 1.81. The van der Waals surface area contributed by atoms with Gasteiger partial charge in [-0.05, 0) is 28.4 Å². The minimum atomic E-state index is 0.463. The maximum atomic E-state index is 5.19. The molecule has 5 nitrogen and oxygen atoms in total. The lowest BCUT2D eigenvalue weighted by atomic mass is 10.2. The van der Waals surface area contributed by atoms with Gasteiger partial charge in [-0.1, -0.05) is 6.92 Å². The van der Waals surface area contributed by atoms with Crippen molar-refractivity contribution in [3.8, 4) is 17.3 Å². The van der Waals surface area contributed by atoms with Gasteiger partial charge < -0.3 is 4.74 Å². The summed E-state index contributed by atoms with van der Waals surface area (Å²) < 4.78 is 5.93. The first kappa shape index (κ1) is 12.9. The summed E-state index contributed by atoms with van der Waals surface area (Å²) in [4.78, 5) is 17.2. The van der Waals surface area contributed by atoms with Crippen molar-refractivity contribution in [3.63, 3.8) is 0 Å². The first-order valence-corrected chi connectivity index (χ1v) is 6.42. The average Bonchev–Trinajstić information content (AvgIpc) is 2.38. The van der Waals surface area contributed by atoms with Crippen molar-refractivity contribution < 1.29 is 4.74 Å². The largest absolute Gasteiger partial charge is 0.479 e.